The fourth-order valence-corrected chi connectivity index (χ4v) is 2.51. The number of hydrogen-bond acceptors (Lipinski definition) is 3. The number of carbonyl (C=O) groups is 1. The molecule has 2 aliphatic rings. The second-order valence-electron chi connectivity index (χ2n) is 4.13. The summed E-state index contributed by atoms with van der Waals surface area (Å²) < 4.78 is 10.9. The van der Waals surface area contributed by atoms with Crippen LogP contribution in [0, 0.1) is 0 Å². The molecule has 0 N–H and O–H groups in total. The summed E-state index contributed by atoms with van der Waals surface area (Å²) in [5.74, 6) is 0.686. The molecule has 0 saturated carbocycles. The van der Waals surface area contributed by atoms with Crippen LogP contribution < -0.4 is 0 Å². The molecule has 1 unspecified atom stereocenters. The maximum absolute atomic E-state index is 11.7. The molecule has 3 nitrogen and oxygen atoms in total. The summed E-state index contributed by atoms with van der Waals surface area (Å²) in [6.07, 6.45) is 0. The van der Waals surface area contributed by atoms with Crippen LogP contribution in [0.2, 0.25) is 0 Å². The lowest BCUT2D eigenvalue weighted by Crippen LogP contribution is -2.14. The first-order valence-electron chi connectivity index (χ1n) is 5.24. The van der Waals surface area contributed by atoms with E-state index in [0.717, 1.165) is 11.1 Å². The van der Waals surface area contributed by atoms with Crippen molar-refractivity contribution in [3.05, 3.63) is 41.0 Å². The van der Waals surface area contributed by atoms with E-state index in [1.165, 1.54) is 0 Å². The third-order valence-electron chi connectivity index (χ3n) is 3.23. The van der Waals surface area contributed by atoms with Crippen molar-refractivity contribution < 1.29 is 14.3 Å². The Kier molecular flexibility index (Phi) is 1.77. The van der Waals surface area contributed by atoms with Gasteiger partial charge >= 0.3 is 0 Å². The number of rotatable bonds is 2. The molecule has 0 aromatic heterocycles. The Morgan fingerprint density at radius 2 is 2.12 bits per heavy atom. The summed E-state index contributed by atoms with van der Waals surface area (Å²) in [7, 11) is 1.59. The minimum Gasteiger partial charge on any atom is -0.496 e. The Balaban J connectivity index is 2.29. The molecule has 1 aliphatic heterocycles. The molecule has 3 rings (SSSR count). The van der Waals surface area contributed by atoms with Crippen LogP contribution in [-0.4, -0.2) is 19.5 Å². The molecule has 0 bridgehead atoms. The van der Waals surface area contributed by atoms with Gasteiger partial charge in [0, 0.05) is 11.1 Å². The number of fused-ring (bicyclic) bond motifs is 2. The minimum absolute atomic E-state index is 0.0190. The number of methoxy groups -OCH3 is 1. The number of ether oxygens (including phenoxy) is 2. The van der Waals surface area contributed by atoms with Crippen LogP contribution in [0.5, 0.6) is 0 Å². The zero-order valence-electron chi connectivity index (χ0n) is 9.24. The molecule has 1 aromatic rings. The molecule has 82 valence electrons. The van der Waals surface area contributed by atoms with Gasteiger partial charge in [-0.2, -0.15) is 0 Å². The molecule has 1 heterocycles. The summed E-state index contributed by atoms with van der Waals surface area (Å²) in [6, 6.07) is 7.86. The van der Waals surface area contributed by atoms with Crippen molar-refractivity contribution in [2.24, 2.45) is 0 Å². The van der Waals surface area contributed by atoms with E-state index in [1.807, 2.05) is 24.3 Å². The molecule has 1 aliphatic carbocycles. The number of ketones is 1. The van der Waals surface area contributed by atoms with Gasteiger partial charge < -0.3 is 9.47 Å². The molecule has 0 radical (unpaired) electrons. The molecular weight excluding hydrogens is 204 g/mol. The van der Waals surface area contributed by atoms with Crippen LogP contribution in [0.1, 0.15) is 18.1 Å². The minimum atomic E-state index is -0.506. The smallest absolute Gasteiger partial charge is 0.162 e. The van der Waals surface area contributed by atoms with E-state index in [0.29, 0.717) is 17.9 Å². The monoisotopic (exact) mass is 216 g/mol. The van der Waals surface area contributed by atoms with E-state index in [4.69, 9.17) is 9.47 Å². The number of epoxide rings is 1. The van der Waals surface area contributed by atoms with E-state index in [9.17, 15) is 4.79 Å². The van der Waals surface area contributed by atoms with Crippen LogP contribution in [0.3, 0.4) is 0 Å². The Morgan fingerprint density at radius 3 is 2.69 bits per heavy atom. The summed E-state index contributed by atoms with van der Waals surface area (Å²) in [4.78, 5) is 11.7. The first-order chi connectivity index (χ1) is 7.70. The molecule has 1 atom stereocenters. The number of Topliss-reactive ketones (excluding diaryl/α,β-unsaturated/α-hetero) is 1. The van der Waals surface area contributed by atoms with Crippen LogP contribution >= 0.6 is 0 Å². The highest BCUT2D eigenvalue weighted by atomic mass is 16.6. The molecule has 3 heteroatoms. The highest BCUT2D eigenvalue weighted by Gasteiger charge is 2.58. The Bertz CT molecular complexity index is 510. The maximum Gasteiger partial charge on any atom is 0.162 e. The quantitative estimate of drug-likeness (QED) is 0.708. The summed E-state index contributed by atoms with van der Waals surface area (Å²) in [6.45, 7) is 2.13. The van der Waals surface area contributed by atoms with Gasteiger partial charge in [0.25, 0.3) is 0 Å². The molecule has 1 saturated heterocycles. The van der Waals surface area contributed by atoms with E-state index in [1.54, 1.807) is 14.0 Å². The lowest BCUT2D eigenvalue weighted by atomic mass is 9.94. The van der Waals surface area contributed by atoms with Gasteiger partial charge in [-0.3, -0.25) is 4.79 Å². The van der Waals surface area contributed by atoms with Crippen LogP contribution in [0.25, 0.3) is 5.76 Å². The van der Waals surface area contributed by atoms with Gasteiger partial charge in [-0.05, 0) is 6.92 Å². The Hall–Kier alpha value is -1.61. The van der Waals surface area contributed by atoms with Gasteiger partial charge in [0.15, 0.2) is 5.78 Å². The van der Waals surface area contributed by atoms with E-state index in [-0.39, 0.29) is 5.78 Å². The van der Waals surface area contributed by atoms with E-state index < -0.39 is 5.60 Å². The molecule has 1 fully saturated rings. The predicted octanol–water partition coefficient (Wildman–Crippen LogP) is 1.87. The Labute approximate surface area is 93.7 Å². The van der Waals surface area contributed by atoms with Crippen molar-refractivity contribution in [2.75, 3.05) is 13.7 Å². The number of hydrogen-bond donors (Lipinski definition) is 0. The summed E-state index contributed by atoms with van der Waals surface area (Å²) in [5, 5.41) is 0. The number of carbonyl (C=O) groups excluding carboxylic acids is 1. The van der Waals surface area contributed by atoms with Gasteiger partial charge in [0.05, 0.1) is 19.3 Å². The second kappa shape index (κ2) is 2.95. The highest BCUT2D eigenvalue weighted by molar-refractivity contribution is 6.05. The SMILES string of the molecule is COC1=C(C(C)=O)C2(CO2)c2ccccc21. The maximum atomic E-state index is 11.7. The van der Waals surface area contributed by atoms with Crippen molar-refractivity contribution >= 4 is 11.5 Å². The van der Waals surface area contributed by atoms with Crippen molar-refractivity contribution in [1.82, 2.24) is 0 Å². The van der Waals surface area contributed by atoms with Gasteiger partial charge in [-0.25, -0.2) is 0 Å². The first kappa shape index (κ1) is 9.60. The fourth-order valence-electron chi connectivity index (χ4n) is 2.51. The first-order valence-corrected chi connectivity index (χ1v) is 5.24. The van der Waals surface area contributed by atoms with E-state index >= 15 is 0 Å². The Morgan fingerprint density at radius 1 is 1.44 bits per heavy atom. The summed E-state index contributed by atoms with van der Waals surface area (Å²) in [5.41, 5.74) is 2.19. The van der Waals surface area contributed by atoms with Crippen LogP contribution in [-0.2, 0) is 19.9 Å². The van der Waals surface area contributed by atoms with Crippen molar-refractivity contribution in [3.63, 3.8) is 0 Å². The lowest BCUT2D eigenvalue weighted by molar-refractivity contribution is -0.114. The second-order valence-corrected chi connectivity index (χ2v) is 4.13. The van der Waals surface area contributed by atoms with Crippen molar-refractivity contribution in [2.45, 2.75) is 12.5 Å². The zero-order valence-corrected chi connectivity index (χ0v) is 9.24. The third kappa shape index (κ3) is 0.985. The largest absolute Gasteiger partial charge is 0.496 e. The van der Waals surface area contributed by atoms with Gasteiger partial charge in [0.1, 0.15) is 11.4 Å². The van der Waals surface area contributed by atoms with Gasteiger partial charge in [-0.15, -0.1) is 0 Å². The fraction of sp³-hybridized carbons (Fsp3) is 0.308. The summed E-state index contributed by atoms with van der Waals surface area (Å²) >= 11 is 0. The molecule has 0 amide bonds. The van der Waals surface area contributed by atoms with Crippen LogP contribution in [0.4, 0.5) is 0 Å². The average Bonchev–Trinajstić information content (AvgIpc) is 2.99. The molecule has 16 heavy (non-hydrogen) atoms. The van der Waals surface area contributed by atoms with Crippen molar-refractivity contribution in [1.29, 1.82) is 0 Å². The molecular formula is C13H12O3. The van der Waals surface area contributed by atoms with Gasteiger partial charge in [-0.1, -0.05) is 24.3 Å². The molecule has 1 aromatic carbocycles. The van der Waals surface area contributed by atoms with E-state index in [2.05, 4.69) is 0 Å². The van der Waals surface area contributed by atoms with Crippen molar-refractivity contribution in [3.8, 4) is 0 Å². The van der Waals surface area contributed by atoms with Gasteiger partial charge in [0.2, 0.25) is 0 Å². The predicted molar refractivity (Wildman–Crippen MR) is 58.7 cm³/mol. The van der Waals surface area contributed by atoms with Crippen LogP contribution in [0.15, 0.2) is 29.8 Å². The third-order valence-corrected chi connectivity index (χ3v) is 3.23. The zero-order chi connectivity index (χ0) is 11.3. The number of benzene rings is 1. The normalized spacial score (nSPS) is 25.9. The lowest BCUT2D eigenvalue weighted by Gasteiger charge is -2.07. The highest BCUT2D eigenvalue weighted by Crippen LogP contribution is 2.55. The standard InChI is InChI=1S/C13H12O3/c1-8(14)11-12(15-2)9-5-3-4-6-10(9)13(11)7-16-13/h3-6H,7H2,1-2H3. The molecule has 1 spiro atoms. The topological polar surface area (TPSA) is 38.8 Å². The average molecular weight is 216 g/mol.